The van der Waals surface area contributed by atoms with Crippen LogP contribution in [0.2, 0.25) is 5.02 Å². The van der Waals surface area contributed by atoms with E-state index < -0.39 is 20.6 Å². The fraction of sp³-hybridized carbons (Fsp3) is 0.273. The molecule has 0 atom stereocenters. The van der Waals surface area contributed by atoms with Crippen molar-refractivity contribution in [1.29, 1.82) is 0 Å². The van der Waals surface area contributed by atoms with Gasteiger partial charge >= 0.3 is 0 Å². The Labute approximate surface area is 116 Å². The smallest absolute Gasteiger partial charge is 0.258 e. The Hall–Kier alpha value is -1.44. The second kappa shape index (κ2) is 6.14. The van der Waals surface area contributed by atoms with E-state index in [1.165, 1.54) is 13.0 Å². The third kappa shape index (κ3) is 3.76. The van der Waals surface area contributed by atoms with Gasteiger partial charge in [-0.05, 0) is 25.0 Å². The van der Waals surface area contributed by atoms with Gasteiger partial charge in [-0.1, -0.05) is 17.7 Å². The fourth-order valence-corrected chi connectivity index (χ4v) is 3.02. The Morgan fingerprint density at radius 1 is 1.53 bits per heavy atom. The van der Waals surface area contributed by atoms with Crippen molar-refractivity contribution in [2.75, 3.05) is 6.54 Å². The van der Waals surface area contributed by atoms with E-state index in [1.54, 1.807) is 6.08 Å². The van der Waals surface area contributed by atoms with Crippen molar-refractivity contribution in [3.05, 3.63) is 45.5 Å². The third-order valence-electron chi connectivity index (χ3n) is 2.37. The summed E-state index contributed by atoms with van der Waals surface area (Å²) in [7, 11) is -3.80. The van der Waals surface area contributed by atoms with E-state index in [9.17, 15) is 18.5 Å². The summed E-state index contributed by atoms with van der Waals surface area (Å²) in [5.41, 5.74) is -0.0851. The standard InChI is InChI=1S/C11H13ClN2O4S/c1-3-4-5-13-19(17,18)11-7-10(14(15)16)9(12)6-8(11)2/h3,6-7,13H,1,4-5H2,2H3. The van der Waals surface area contributed by atoms with Crippen LogP contribution < -0.4 is 4.72 Å². The zero-order valence-electron chi connectivity index (χ0n) is 10.2. The van der Waals surface area contributed by atoms with E-state index in [2.05, 4.69) is 11.3 Å². The molecule has 0 aliphatic carbocycles. The molecule has 0 aromatic heterocycles. The first kappa shape index (κ1) is 15.6. The van der Waals surface area contributed by atoms with E-state index in [0.717, 1.165) is 6.07 Å². The van der Waals surface area contributed by atoms with Gasteiger partial charge in [-0.3, -0.25) is 10.1 Å². The molecule has 0 bridgehead atoms. The minimum atomic E-state index is -3.80. The minimum absolute atomic E-state index is 0.0902. The normalized spacial score (nSPS) is 11.3. The summed E-state index contributed by atoms with van der Waals surface area (Å²) in [5.74, 6) is 0. The highest BCUT2D eigenvalue weighted by molar-refractivity contribution is 7.89. The number of hydrogen-bond acceptors (Lipinski definition) is 4. The van der Waals surface area contributed by atoms with Crippen molar-refractivity contribution in [3.63, 3.8) is 0 Å². The monoisotopic (exact) mass is 304 g/mol. The summed E-state index contributed by atoms with van der Waals surface area (Å²) in [6, 6.07) is 2.23. The van der Waals surface area contributed by atoms with Gasteiger partial charge < -0.3 is 0 Å². The molecule has 0 saturated heterocycles. The Balaban J connectivity index is 3.22. The number of sulfonamides is 1. The van der Waals surface area contributed by atoms with Gasteiger partial charge in [0.2, 0.25) is 10.0 Å². The van der Waals surface area contributed by atoms with Crippen LogP contribution >= 0.6 is 11.6 Å². The van der Waals surface area contributed by atoms with Gasteiger partial charge in [-0.2, -0.15) is 0 Å². The molecule has 1 aromatic carbocycles. The summed E-state index contributed by atoms with van der Waals surface area (Å²) in [6.45, 7) is 5.19. The van der Waals surface area contributed by atoms with Crippen LogP contribution in [0.25, 0.3) is 0 Å². The van der Waals surface area contributed by atoms with Crippen LogP contribution in [0.4, 0.5) is 5.69 Å². The molecule has 0 fully saturated rings. The second-order valence-corrected chi connectivity index (χ2v) is 5.94. The third-order valence-corrected chi connectivity index (χ3v) is 4.28. The van der Waals surface area contributed by atoms with Crippen LogP contribution in [0.5, 0.6) is 0 Å². The predicted molar refractivity (Wildman–Crippen MR) is 72.8 cm³/mol. The molecular formula is C11H13ClN2O4S. The van der Waals surface area contributed by atoms with Crippen molar-refractivity contribution in [3.8, 4) is 0 Å². The van der Waals surface area contributed by atoms with Gasteiger partial charge in [-0.25, -0.2) is 13.1 Å². The van der Waals surface area contributed by atoms with Gasteiger partial charge in [0.05, 0.1) is 9.82 Å². The van der Waals surface area contributed by atoms with Crippen LogP contribution in [0, 0.1) is 17.0 Å². The first-order valence-corrected chi connectivity index (χ1v) is 7.21. The quantitative estimate of drug-likeness (QED) is 0.378. The Kier molecular flexibility index (Phi) is 5.04. The first-order valence-electron chi connectivity index (χ1n) is 5.34. The molecule has 104 valence electrons. The van der Waals surface area contributed by atoms with Crippen LogP contribution in [-0.4, -0.2) is 19.9 Å². The van der Waals surface area contributed by atoms with Crippen molar-refractivity contribution in [1.82, 2.24) is 4.72 Å². The highest BCUT2D eigenvalue weighted by atomic mass is 35.5. The number of benzene rings is 1. The Bertz CT molecular complexity index is 613. The summed E-state index contributed by atoms with van der Waals surface area (Å²) in [6.07, 6.45) is 2.04. The molecule has 8 heteroatoms. The van der Waals surface area contributed by atoms with E-state index in [1.807, 2.05) is 0 Å². The van der Waals surface area contributed by atoms with Gasteiger partial charge in [0.15, 0.2) is 0 Å². The summed E-state index contributed by atoms with van der Waals surface area (Å²) in [5, 5.41) is 10.7. The summed E-state index contributed by atoms with van der Waals surface area (Å²) in [4.78, 5) is 9.90. The lowest BCUT2D eigenvalue weighted by atomic mass is 10.2. The second-order valence-electron chi connectivity index (χ2n) is 3.80. The number of nitro benzene ring substituents is 1. The molecule has 0 spiro atoms. The Morgan fingerprint density at radius 3 is 2.68 bits per heavy atom. The van der Waals surface area contributed by atoms with E-state index >= 15 is 0 Å². The van der Waals surface area contributed by atoms with Crippen molar-refractivity contribution < 1.29 is 13.3 Å². The lowest BCUT2D eigenvalue weighted by Gasteiger charge is -2.09. The maximum Gasteiger partial charge on any atom is 0.289 e. The lowest BCUT2D eigenvalue weighted by molar-refractivity contribution is -0.384. The van der Waals surface area contributed by atoms with Gasteiger partial charge in [0.1, 0.15) is 5.02 Å². The van der Waals surface area contributed by atoms with E-state index in [-0.39, 0.29) is 16.5 Å². The summed E-state index contributed by atoms with van der Waals surface area (Å²) >= 11 is 5.70. The molecule has 0 saturated carbocycles. The van der Waals surface area contributed by atoms with Crippen molar-refractivity contribution >= 4 is 27.3 Å². The largest absolute Gasteiger partial charge is 0.289 e. The topological polar surface area (TPSA) is 89.3 Å². The molecule has 1 N–H and O–H groups in total. The van der Waals surface area contributed by atoms with E-state index in [4.69, 9.17) is 11.6 Å². The molecule has 1 aromatic rings. The minimum Gasteiger partial charge on any atom is -0.258 e. The zero-order chi connectivity index (χ0) is 14.6. The molecule has 0 aliphatic heterocycles. The average molecular weight is 305 g/mol. The van der Waals surface area contributed by atoms with E-state index in [0.29, 0.717) is 12.0 Å². The van der Waals surface area contributed by atoms with Crippen LogP contribution in [0.15, 0.2) is 29.7 Å². The molecule has 0 amide bonds. The molecule has 1 rings (SSSR count). The molecule has 0 unspecified atom stereocenters. The number of halogens is 1. The Morgan fingerprint density at radius 2 is 2.16 bits per heavy atom. The molecule has 19 heavy (non-hydrogen) atoms. The average Bonchev–Trinajstić information content (AvgIpc) is 2.28. The van der Waals surface area contributed by atoms with Crippen LogP contribution in [0.1, 0.15) is 12.0 Å². The summed E-state index contributed by atoms with van der Waals surface area (Å²) < 4.78 is 26.3. The molecule has 6 nitrogen and oxygen atoms in total. The number of nitro groups is 1. The fourth-order valence-electron chi connectivity index (χ4n) is 1.44. The number of nitrogens with zero attached hydrogens (tertiary/aromatic N) is 1. The molecule has 0 heterocycles. The zero-order valence-corrected chi connectivity index (χ0v) is 11.8. The lowest BCUT2D eigenvalue weighted by Crippen LogP contribution is -2.25. The maximum atomic E-state index is 12.0. The van der Waals surface area contributed by atoms with Crippen molar-refractivity contribution in [2.24, 2.45) is 0 Å². The van der Waals surface area contributed by atoms with Crippen LogP contribution in [0.3, 0.4) is 0 Å². The van der Waals surface area contributed by atoms with Crippen molar-refractivity contribution in [2.45, 2.75) is 18.2 Å². The highest BCUT2D eigenvalue weighted by Crippen LogP contribution is 2.29. The first-order chi connectivity index (χ1) is 8.79. The molecule has 0 radical (unpaired) electrons. The molecular weight excluding hydrogens is 292 g/mol. The number of hydrogen-bond donors (Lipinski definition) is 1. The predicted octanol–water partition coefficient (Wildman–Crippen LogP) is 2.41. The molecule has 0 aliphatic rings. The number of aryl methyl sites for hydroxylation is 1. The van der Waals surface area contributed by atoms with Crippen LogP contribution in [-0.2, 0) is 10.0 Å². The maximum absolute atomic E-state index is 12.0. The SMILES string of the molecule is C=CCCNS(=O)(=O)c1cc([N+](=O)[O-])c(Cl)cc1C. The number of nitrogens with one attached hydrogen (secondary N) is 1. The van der Waals surface area contributed by atoms with Gasteiger partial charge in [0.25, 0.3) is 5.69 Å². The number of rotatable bonds is 6. The van der Waals surface area contributed by atoms with Gasteiger partial charge in [-0.15, -0.1) is 6.58 Å². The van der Waals surface area contributed by atoms with Gasteiger partial charge in [0, 0.05) is 12.6 Å². The highest BCUT2D eigenvalue weighted by Gasteiger charge is 2.22.